The van der Waals surface area contributed by atoms with Gasteiger partial charge in [-0.2, -0.15) is 5.26 Å². The Kier molecular flexibility index (Phi) is 3.08. The van der Waals surface area contributed by atoms with Gasteiger partial charge >= 0.3 is 6.09 Å². The van der Waals surface area contributed by atoms with Gasteiger partial charge in [0.25, 0.3) is 0 Å². The second kappa shape index (κ2) is 4.28. The summed E-state index contributed by atoms with van der Waals surface area (Å²) in [5, 5.41) is 11.2. The topological polar surface area (TPSA) is 62.1 Å². The van der Waals surface area contributed by atoms with Gasteiger partial charge in [0, 0.05) is 5.69 Å². The van der Waals surface area contributed by atoms with Gasteiger partial charge in [0.05, 0.1) is 18.7 Å². The number of amides is 1. The standard InChI is InChI=1S/C10H10N2O2/c1-7-3-8(6-11)5-9(4-7)12-10(13)14-2/h3-5H,1-2H3,(H,12,13). The predicted octanol–water partition coefficient (Wildman–Crippen LogP) is 2.04. The number of benzene rings is 1. The monoisotopic (exact) mass is 190 g/mol. The van der Waals surface area contributed by atoms with E-state index in [0.717, 1.165) is 5.56 Å². The van der Waals surface area contributed by atoms with Crippen molar-refractivity contribution in [3.8, 4) is 6.07 Å². The molecule has 0 aliphatic rings. The first-order valence-corrected chi connectivity index (χ1v) is 4.02. The molecule has 1 N–H and O–H groups in total. The lowest BCUT2D eigenvalue weighted by Crippen LogP contribution is -2.11. The summed E-state index contributed by atoms with van der Waals surface area (Å²) < 4.78 is 4.43. The van der Waals surface area contributed by atoms with Crippen LogP contribution >= 0.6 is 0 Å². The molecule has 14 heavy (non-hydrogen) atoms. The van der Waals surface area contributed by atoms with Crippen molar-refractivity contribution < 1.29 is 9.53 Å². The van der Waals surface area contributed by atoms with Crippen LogP contribution in [-0.4, -0.2) is 13.2 Å². The summed E-state index contributed by atoms with van der Waals surface area (Å²) in [6, 6.07) is 7.09. The first-order valence-electron chi connectivity index (χ1n) is 4.02. The van der Waals surface area contributed by atoms with E-state index >= 15 is 0 Å². The van der Waals surface area contributed by atoms with Gasteiger partial charge in [0.15, 0.2) is 0 Å². The first kappa shape index (κ1) is 10.1. The molecule has 0 saturated carbocycles. The van der Waals surface area contributed by atoms with Gasteiger partial charge in [-0.3, -0.25) is 5.32 Å². The van der Waals surface area contributed by atoms with Crippen molar-refractivity contribution >= 4 is 11.8 Å². The average molecular weight is 190 g/mol. The molecule has 4 heteroatoms. The lowest BCUT2D eigenvalue weighted by molar-refractivity contribution is 0.187. The van der Waals surface area contributed by atoms with E-state index in [1.165, 1.54) is 7.11 Å². The molecule has 0 radical (unpaired) electrons. The fourth-order valence-electron chi connectivity index (χ4n) is 1.09. The third-order valence-corrected chi connectivity index (χ3v) is 1.64. The highest BCUT2D eigenvalue weighted by atomic mass is 16.5. The zero-order valence-corrected chi connectivity index (χ0v) is 8.00. The second-order valence-corrected chi connectivity index (χ2v) is 2.82. The lowest BCUT2D eigenvalue weighted by Gasteiger charge is -2.04. The highest BCUT2D eigenvalue weighted by Crippen LogP contribution is 2.13. The molecule has 0 atom stereocenters. The molecule has 1 aromatic rings. The number of nitriles is 1. The van der Waals surface area contributed by atoms with E-state index in [9.17, 15) is 4.79 Å². The summed E-state index contributed by atoms with van der Waals surface area (Å²) in [5.41, 5.74) is 1.99. The van der Waals surface area contributed by atoms with Crippen molar-refractivity contribution in [3.63, 3.8) is 0 Å². The third kappa shape index (κ3) is 2.49. The van der Waals surface area contributed by atoms with Crippen molar-refractivity contribution in [3.05, 3.63) is 29.3 Å². The molecule has 1 rings (SSSR count). The molecule has 0 heterocycles. The normalized spacial score (nSPS) is 8.93. The van der Waals surface area contributed by atoms with Gasteiger partial charge in [-0.25, -0.2) is 4.79 Å². The first-order chi connectivity index (χ1) is 6.65. The summed E-state index contributed by atoms with van der Waals surface area (Å²) in [6.45, 7) is 1.85. The number of anilines is 1. The Morgan fingerprint density at radius 2 is 2.21 bits per heavy atom. The van der Waals surface area contributed by atoms with Crippen molar-refractivity contribution in [1.82, 2.24) is 0 Å². The van der Waals surface area contributed by atoms with E-state index in [2.05, 4.69) is 10.1 Å². The highest BCUT2D eigenvalue weighted by Gasteiger charge is 2.02. The number of rotatable bonds is 1. The van der Waals surface area contributed by atoms with Crippen molar-refractivity contribution in [2.24, 2.45) is 0 Å². The Balaban J connectivity index is 2.93. The van der Waals surface area contributed by atoms with E-state index in [1.54, 1.807) is 18.2 Å². The summed E-state index contributed by atoms with van der Waals surface area (Å²) in [6.07, 6.45) is -0.542. The Hall–Kier alpha value is -2.02. The molecular formula is C10H10N2O2. The number of carbonyl (C=O) groups is 1. The van der Waals surface area contributed by atoms with Gasteiger partial charge in [0.2, 0.25) is 0 Å². The number of aryl methyl sites for hydroxylation is 1. The molecule has 0 aromatic heterocycles. The molecule has 1 amide bonds. The fourth-order valence-corrected chi connectivity index (χ4v) is 1.09. The van der Waals surface area contributed by atoms with Crippen molar-refractivity contribution in [1.29, 1.82) is 5.26 Å². The smallest absolute Gasteiger partial charge is 0.411 e. The van der Waals surface area contributed by atoms with Gasteiger partial charge in [-0.05, 0) is 30.7 Å². The summed E-state index contributed by atoms with van der Waals surface area (Å²) in [4.78, 5) is 10.9. The van der Waals surface area contributed by atoms with Crippen LogP contribution in [0.2, 0.25) is 0 Å². The Morgan fingerprint density at radius 1 is 1.50 bits per heavy atom. The van der Waals surface area contributed by atoms with Crippen LogP contribution in [-0.2, 0) is 4.74 Å². The van der Waals surface area contributed by atoms with Crippen LogP contribution in [0.25, 0.3) is 0 Å². The van der Waals surface area contributed by atoms with Gasteiger partial charge in [-0.1, -0.05) is 0 Å². The van der Waals surface area contributed by atoms with E-state index < -0.39 is 6.09 Å². The van der Waals surface area contributed by atoms with Crippen molar-refractivity contribution in [2.45, 2.75) is 6.92 Å². The largest absolute Gasteiger partial charge is 0.453 e. The number of methoxy groups -OCH3 is 1. The molecule has 0 saturated heterocycles. The van der Waals surface area contributed by atoms with Crippen LogP contribution in [0.1, 0.15) is 11.1 Å². The van der Waals surface area contributed by atoms with E-state index in [-0.39, 0.29) is 0 Å². The Bertz CT molecular complexity index is 394. The molecular weight excluding hydrogens is 180 g/mol. The van der Waals surface area contributed by atoms with Crippen molar-refractivity contribution in [2.75, 3.05) is 12.4 Å². The van der Waals surface area contributed by atoms with E-state index in [1.807, 2.05) is 13.0 Å². The zero-order valence-electron chi connectivity index (χ0n) is 8.00. The van der Waals surface area contributed by atoms with Crippen LogP contribution in [0.15, 0.2) is 18.2 Å². The number of hydrogen-bond acceptors (Lipinski definition) is 3. The highest BCUT2D eigenvalue weighted by molar-refractivity contribution is 5.84. The van der Waals surface area contributed by atoms with E-state index in [0.29, 0.717) is 11.3 Å². The van der Waals surface area contributed by atoms with Crippen LogP contribution in [0.5, 0.6) is 0 Å². The lowest BCUT2D eigenvalue weighted by atomic mass is 10.1. The average Bonchev–Trinajstić information content (AvgIpc) is 2.16. The fraction of sp³-hybridized carbons (Fsp3) is 0.200. The van der Waals surface area contributed by atoms with E-state index in [4.69, 9.17) is 5.26 Å². The molecule has 1 aromatic carbocycles. The maximum atomic E-state index is 10.9. The van der Waals surface area contributed by atoms with Crippen LogP contribution < -0.4 is 5.32 Å². The minimum atomic E-state index is -0.542. The minimum Gasteiger partial charge on any atom is -0.453 e. The predicted molar refractivity (Wildman–Crippen MR) is 51.9 cm³/mol. The molecule has 4 nitrogen and oxygen atoms in total. The Labute approximate surface area is 82.1 Å². The number of carbonyl (C=O) groups excluding carboxylic acids is 1. The molecule has 0 fully saturated rings. The molecule has 0 bridgehead atoms. The zero-order chi connectivity index (χ0) is 10.6. The number of hydrogen-bond donors (Lipinski definition) is 1. The summed E-state index contributed by atoms with van der Waals surface area (Å²) >= 11 is 0. The minimum absolute atomic E-state index is 0.511. The molecule has 0 spiro atoms. The second-order valence-electron chi connectivity index (χ2n) is 2.82. The van der Waals surface area contributed by atoms with Crippen LogP contribution in [0.3, 0.4) is 0 Å². The molecule has 0 aliphatic carbocycles. The number of nitrogens with one attached hydrogen (secondary N) is 1. The third-order valence-electron chi connectivity index (χ3n) is 1.64. The van der Waals surface area contributed by atoms with Gasteiger partial charge < -0.3 is 4.74 Å². The maximum absolute atomic E-state index is 10.9. The van der Waals surface area contributed by atoms with Crippen LogP contribution in [0, 0.1) is 18.3 Å². The molecule has 0 aliphatic heterocycles. The summed E-state index contributed by atoms with van der Waals surface area (Å²) in [7, 11) is 1.29. The van der Waals surface area contributed by atoms with Gasteiger partial charge in [0.1, 0.15) is 0 Å². The van der Waals surface area contributed by atoms with Crippen LogP contribution in [0.4, 0.5) is 10.5 Å². The Morgan fingerprint density at radius 3 is 2.79 bits per heavy atom. The van der Waals surface area contributed by atoms with Gasteiger partial charge in [-0.15, -0.1) is 0 Å². The summed E-state index contributed by atoms with van der Waals surface area (Å²) in [5.74, 6) is 0. The number of ether oxygens (including phenoxy) is 1. The maximum Gasteiger partial charge on any atom is 0.411 e. The quantitative estimate of drug-likeness (QED) is 0.737. The molecule has 0 unspecified atom stereocenters. The SMILES string of the molecule is COC(=O)Nc1cc(C)cc(C#N)c1. The number of nitrogens with zero attached hydrogens (tertiary/aromatic N) is 1. The molecule has 72 valence electrons.